The topological polar surface area (TPSA) is 30.5 Å². The van der Waals surface area contributed by atoms with Gasteiger partial charge in [-0.2, -0.15) is 0 Å². The van der Waals surface area contributed by atoms with E-state index in [9.17, 15) is 4.39 Å². The molecule has 0 saturated carbocycles. The summed E-state index contributed by atoms with van der Waals surface area (Å²) in [6.07, 6.45) is 0.906. The molecule has 1 unspecified atom stereocenters. The molecule has 1 heterocycles. The Balaban J connectivity index is 1.86. The number of hydrogen-bond acceptors (Lipinski definition) is 3. The van der Waals surface area contributed by atoms with E-state index in [1.807, 2.05) is 0 Å². The quantitative estimate of drug-likeness (QED) is 0.905. The van der Waals surface area contributed by atoms with Crippen molar-refractivity contribution in [1.82, 2.24) is 5.32 Å². The highest BCUT2D eigenvalue weighted by molar-refractivity contribution is 9.10. The fourth-order valence-corrected chi connectivity index (χ4v) is 2.47. The second-order valence-corrected chi connectivity index (χ2v) is 5.40. The molecule has 1 fully saturated rings. The summed E-state index contributed by atoms with van der Waals surface area (Å²) in [4.78, 5) is 0. The second kappa shape index (κ2) is 6.10. The average Bonchev–Trinajstić information content (AvgIpc) is 2.83. The Morgan fingerprint density at radius 2 is 2.39 bits per heavy atom. The molecule has 0 amide bonds. The fourth-order valence-electron chi connectivity index (χ4n) is 2.05. The minimum atomic E-state index is -0.240. The molecule has 0 radical (unpaired) electrons. The van der Waals surface area contributed by atoms with Gasteiger partial charge in [0.1, 0.15) is 11.4 Å². The number of methoxy groups -OCH3 is 1. The lowest BCUT2D eigenvalue weighted by molar-refractivity contribution is -0.0159. The molecular formula is C13H17BrFNO2. The number of nitrogens with one attached hydrogen (secondary N) is 1. The van der Waals surface area contributed by atoms with Crippen molar-refractivity contribution in [1.29, 1.82) is 0 Å². The van der Waals surface area contributed by atoms with E-state index >= 15 is 0 Å². The molecule has 1 aromatic rings. The summed E-state index contributed by atoms with van der Waals surface area (Å²) in [5.74, 6) is -0.240. The molecule has 0 bridgehead atoms. The van der Waals surface area contributed by atoms with Crippen molar-refractivity contribution in [3.8, 4) is 0 Å². The number of benzene rings is 1. The molecule has 5 heteroatoms. The summed E-state index contributed by atoms with van der Waals surface area (Å²) >= 11 is 3.18. The molecule has 0 aromatic heterocycles. The Morgan fingerprint density at radius 3 is 3.00 bits per heavy atom. The molecule has 100 valence electrons. The van der Waals surface area contributed by atoms with Crippen molar-refractivity contribution in [3.05, 3.63) is 34.1 Å². The van der Waals surface area contributed by atoms with E-state index in [0.29, 0.717) is 17.6 Å². The third kappa shape index (κ3) is 3.29. The maximum Gasteiger partial charge on any atom is 0.137 e. The molecular weight excluding hydrogens is 301 g/mol. The predicted molar refractivity (Wildman–Crippen MR) is 71.0 cm³/mol. The van der Waals surface area contributed by atoms with Gasteiger partial charge in [-0.25, -0.2) is 4.39 Å². The van der Waals surface area contributed by atoms with Crippen LogP contribution in [0.1, 0.15) is 12.0 Å². The van der Waals surface area contributed by atoms with Gasteiger partial charge in [0, 0.05) is 33.2 Å². The van der Waals surface area contributed by atoms with Crippen LogP contribution in [0, 0.1) is 5.82 Å². The van der Waals surface area contributed by atoms with E-state index in [4.69, 9.17) is 9.47 Å². The van der Waals surface area contributed by atoms with Crippen LogP contribution in [0.25, 0.3) is 0 Å². The third-order valence-electron chi connectivity index (χ3n) is 3.26. The van der Waals surface area contributed by atoms with E-state index in [1.54, 1.807) is 19.2 Å². The molecule has 1 aliphatic rings. The van der Waals surface area contributed by atoms with Gasteiger partial charge in [0.25, 0.3) is 0 Å². The van der Waals surface area contributed by atoms with E-state index < -0.39 is 0 Å². The van der Waals surface area contributed by atoms with Crippen molar-refractivity contribution in [3.63, 3.8) is 0 Å². The summed E-state index contributed by atoms with van der Waals surface area (Å²) in [6.45, 7) is 2.80. The first-order chi connectivity index (χ1) is 8.65. The first-order valence-electron chi connectivity index (χ1n) is 5.93. The first-order valence-corrected chi connectivity index (χ1v) is 6.72. The molecule has 1 aliphatic heterocycles. The standard InChI is InChI=1S/C13H17BrFNO2/c1-17-13(4-5-18-9-13)8-16-7-10-2-3-12(15)11(14)6-10/h2-3,6,16H,4-5,7-9H2,1H3. The molecule has 0 spiro atoms. The van der Waals surface area contributed by atoms with Gasteiger partial charge in [-0.3, -0.25) is 0 Å². The molecule has 1 N–H and O–H groups in total. The van der Waals surface area contributed by atoms with Crippen LogP contribution in [0.3, 0.4) is 0 Å². The lowest BCUT2D eigenvalue weighted by Crippen LogP contribution is -2.42. The van der Waals surface area contributed by atoms with Crippen molar-refractivity contribution in [2.45, 2.75) is 18.6 Å². The molecule has 3 nitrogen and oxygen atoms in total. The molecule has 1 saturated heterocycles. The highest BCUT2D eigenvalue weighted by Gasteiger charge is 2.34. The Hall–Kier alpha value is -0.490. The summed E-state index contributed by atoms with van der Waals surface area (Å²) in [7, 11) is 1.71. The maximum atomic E-state index is 13.1. The number of hydrogen-bond donors (Lipinski definition) is 1. The highest BCUT2D eigenvalue weighted by Crippen LogP contribution is 2.22. The number of ether oxygens (including phenoxy) is 2. The summed E-state index contributed by atoms with van der Waals surface area (Å²) < 4.78 is 24.5. The predicted octanol–water partition coefficient (Wildman–Crippen LogP) is 2.48. The van der Waals surface area contributed by atoms with Crippen molar-refractivity contribution in [2.24, 2.45) is 0 Å². The summed E-state index contributed by atoms with van der Waals surface area (Å²) in [5, 5.41) is 3.33. The monoisotopic (exact) mass is 317 g/mol. The zero-order valence-corrected chi connectivity index (χ0v) is 11.9. The van der Waals surface area contributed by atoms with Crippen molar-refractivity contribution in [2.75, 3.05) is 26.9 Å². The van der Waals surface area contributed by atoms with Crippen LogP contribution < -0.4 is 5.32 Å². The number of halogens is 2. The summed E-state index contributed by atoms with van der Waals surface area (Å²) in [5.41, 5.74) is 0.825. The Labute approximate surface area is 115 Å². The lowest BCUT2D eigenvalue weighted by Gasteiger charge is -2.26. The van der Waals surface area contributed by atoms with E-state index in [1.165, 1.54) is 6.07 Å². The van der Waals surface area contributed by atoms with Crippen LogP contribution in [-0.2, 0) is 16.0 Å². The lowest BCUT2D eigenvalue weighted by atomic mass is 10.0. The molecule has 0 aliphatic carbocycles. The second-order valence-electron chi connectivity index (χ2n) is 4.54. The SMILES string of the molecule is COC1(CNCc2ccc(F)c(Br)c2)CCOC1. The Kier molecular flexibility index (Phi) is 4.72. The van der Waals surface area contributed by atoms with Crippen molar-refractivity contribution >= 4 is 15.9 Å². The van der Waals surface area contributed by atoms with Crippen molar-refractivity contribution < 1.29 is 13.9 Å². The number of rotatable bonds is 5. The van der Waals surface area contributed by atoms with E-state index in [2.05, 4.69) is 21.2 Å². The zero-order valence-electron chi connectivity index (χ0n) is 10.3. The largest absolute Gasteiger partial charge is 0.378 e. The van der Waals surface area contributed by atoms with Gasteiger partial charge >= 0.3 is 0 Å². The molecule has 2 rings (SSSR count). The van der Waals surface area contributed by atoms with Gasteiger partial charge in [-0.15, -0.1) is 0 Å². The van der Waals surface area contributed by atoms with Crippen LogP contribution in [0.5, 0.6) is 0 Å². The minimum absolute atomic E-state index is 0.211. The van der Waals surface area contributed by atoms with E-state index in [0.717, 1.165) is 25.1 Å². The third-order valence-corrected chi connectivity index (χ3v) is 3.87. The molecule has 1 atom stereocenters. The van der Waals surface area contributed by atoms with Gasteiger partial charge in [0.05, 0.1) is 11.1 Å². The Bertz CT molecular complexity index is 408. The smallest absolute Gasteiger partial charge is 0.137 e. The van der Waals surface area contributed by atoms with Crippen LogP contribution in [0.4, 0.5) is 4.39 Å². The molecule has 18 heavy (non-hydrogen) atoms. The highest BCUT2D eigenvalue weighted by atomic mass is 79.9. The van der Waals surface area contributed by atoms with Crippen LogP contribution in [0.15, 0.2) is 22.7 Å². The van der Waals surface area contributed by atoms with Crippen LogP contribution in [0.2, 0.25) is 0 Å². The van der Waals surface area contributed by atoms with Gasteiger partial charge < -0.3 is 14.8 Å². The Morgan fingerprint density at radius 1 is 1.56 bits per heavy atom. The summed E-state index contributed by atoms with van der Waals surface area (Å²) in [6, 6.07) is 5.02. The average molecular weight is 318 g/mol. The van der Waals surface area contributed by atoms with Gasteiger partial charge in [0.2, 0.25) is 0 Å². The van der Waals surface area contributed by atoms with E-state index in [-0.39, 0.29) is 11.4 Å². The normalized spacial score (nSPS) is 23.5. The van der Waals surface area contributed by atoms with Gasteiger partial charge in [-0.1, -0.05) is 6.07 Å². The zero-order chi connectivity index (χ0) is 13.0. The first kappa shape index (κ1) is 13.9. The molecule has 1 aromatic carbocycles. The van der Waals surface area contributed by atoms with Crippen LogP contribution in [-0.4, -0.2) is 32.5 Å². The maximum absolute atomic E-state index is 13.1. The fraction of sp³-hybridized carbons (Fsp3) is 0.538. The minimum Gasteiger partial charge on any atom is -0.378 e. The van der Waals surface area contributed by atoms with Crippen LogP contribution >= 0.6 is 15.9 Å². The van der Waals surface area contributed by atoms with Gasteiger partial charge in [0.15, 0.2) is 0 Å². The van der Waals surface area contributed by atoms with Gasteiger partial charge in [-0.05, 0) is 33.6 Å².